The Morgan fingerprint density at radius 2 is 1.00 bits per heavy atom. The molecule has 0 fully saturated rings. The molecule has 0 saturated carbocycles. The molecule has 0 N–H and O–H groups in total. The van der Waals surface area contributed by atoms with Crippen molar-refractivity contribution in [1.29, 1.82) is 0 Å². The first-order valence-corrected chi connectivity index (χ1v) is 25.1. The molecule has 0 aromatic heterocycles. The van der Waals surface area contributed by atoms with E-state index in [-0.39, 0.29) is 44.7 Å². The minimum Gasteiger partial charge on any atom is -1.00 e. The molecule has 0 heterocycles. The van der Waals surface area contributed by atoms with Crippen molar-refractivity contribution < 1.29 is 44.1 Å². The number of hydrogen-bond donors (Lipinski definition) is 0. The van der Waals surface area contributed by atoms with E-state index in [4.69, 9.17) is 23.2 Å². The smallest absolute Gasteiger partial charge is 1.00 e. The molecular weight excluding hydrogens is 810 g/mol. The van der Waals surface area contributed by atoms with Crippen molar-refractivity contribution in [2.24, 2.45) is 11.3 Å². The Balaban J connectivity index is 0.00000314. The van der Waals surface area contributed by atoms with E-state index in [1.807, 2.05) is 0 Å². The van der Waals surface area contributed by atoms with Gasteiger partial charge in [-0.1, -0.05) is 0 Å². The van der Waals surface area contributed by atoms with Crippen LogP contribution >= 0.6 is 23.2 Å². The molecular formula is C48H56Cl4Zr. The van der Waals surface area contributed by atoms with Crippen LogP contribution in [0.25, 0.3) is 11.1 Å². The number of fused-ring (bicyclic) bond motifs is 3. The van der Waals surface area contributed by atoms with E-state index in [1.165, 1.54) is 50.1 Å². The zero-order valence-electron chi connectivity index (χ0n) is 33.4. The van der Waals surface area contributed by atoms with Crippen LogP contribution in [0.1, 0.15) is 126 Å². The van der Waals surface area contributed by atoms with Crippen molar-refractivity contribution in [3.63, 3.8) is 0 Å². The van der Waals surface area contributed by atoms with Crippen molar-refractivity contribution in [3.05, 3.63) is 149 Å². The van der Waals surface area contributed by atoms with Gasteiger partial charge in [-0.3, -0.25) is 0 Å². The summed E-state index contributed by atoms with van der Waals surface area (Å²) in [6.45, 7) is 26.1. The predicted molar refractivity (Wildman–Crippen MR) is 223 cm³/mol. The maximum atomic E-state index is 6.56. The molecule has 1 atom stereocenters. The van der Waals surface area contributed by atoms with Crippen LogP contribution in [0.2, 0.25) is 10.0 Å². The summed E-state index contributed by atoms with van der Waals surface area (Å²) < 4.78 is 7.56. The maximum Gasteiger partial charge on any atom is -1.00 e. The first-order chi connectivity index (χ1) is 23.9. The Bertz CT molecular complexity index is 2030. The van der Waals surface area contributed by atoms with Crippen molar-refractivity contribution in [3.8, 4) is 11.1 Å². The Morgan fingerprint density at radius 3 is 1.34 bits per heavy atom. The van der Waals surface area contributed by atoms with Crippen LogP contribution in [0.4, 0.5) is 0 Å². The zero-order chi connectivity index (χ0) is 37.1. The average Bonchev–Trinajstić information content (AvgIpc) is 3.62. The number of benzene rings is 4. The van der Waals surface area contributed by atoms with Crippen LogP contribution in [-0.2, 0) is 30.1 Å². The van der Waals surface area contributed by atoms with E-state index in [1.54, 1.807) is 8.85 Å². The summed E-state index contributed by atoms with van der Waals surface area (Å²) in [5.41, 5.74) is 14.3. The Labute approximate surface area is 346 Å². The van der Waals surface area contributed by atoms with Crippen LogP contribution in [-0.4, -0.2) is 7.42 Å². The molecule has 2 aliphatic rings. The van der Waals surface area contributed by atoms with Gasteiger partial charge in [0.15, 0.2) is 0 Å². The fourth-order valence-electron chi connectivity index (χ4n) is 8.64. The summed E-state index contributed by atoms with van der Waals surface area (Å²) in [5.74, 6) is 0.376. The molecule has 0 nitrogen and oxygen atoms in total. The zero-order valence-corrected chi connectivity index (χ0v) is 38.9. The first-order valence-electron chi connectivity index (χ1n) is 18.9. The minimum absolute atomic E-state index is 0. The molecule has 0 bridgehead atoms. The standard InChI is InChI=1S/C21H25.C13H21.2C7H5Cl.2ClH.Zr/c1-20(2,3)16-7-9-18-14(12-16)11-15-13-17(21(4,5)6)8-10-19(15)18;1-6-10-8-11(7-2)12(9-10)13(3,4)5;2*1-6-2-4-7(8)5-3-6;;;/h7-13H,1-6H3;9-10H,6-7H2,1-5H3;2*1-5H;2*1H;/q;;;;;;+2/p-2. The first kappa shape index (κ1) is 43.9. The van der Waals surface area contributed by atoms with E-state index in [9.17, 15) is 0 Å². The van der Waals surface area contributed by atoms with Gasteiger partial charge >= 0.3 is 325 Å². The molecule has 4 aromatic rings. The van der Waals surface area contributed by atoms with Gasteiger partial charge in [0.05, 0.1) is 0 Å². The maximum absolute atomic E-state index is 6.56. The third-order valence-corrected chi connectivity index (χ3v) is 23.5. The van der Waals surface area contributed by atoms with Crippen molar-refractivity contribution in [1.82, 2.24) is 0 Å². The third-order valence-electron chi connectivity index (χ3n) is 11.2. The summed E-state index contributed by atoms with van der Waals surface area (Å²) in [5, 5.41) is 1.54. The molecule has 2 aliphatic carbocycles. The predicted octanol–water partition coefficient (Wildman–Crippen LogP) is 8.20. The largest absolute Gasteiger partial charge is 1.00 e. The summed E-state index contributed by atoms with van der Waals surface area (Å²) in [6, 6.07) is 32.1. The van der Waals surface area contributed by atoms with Crippen molar-refractivity contribution >= 4 is 30.6 Å². The molecule has 1 unspecified atom stereocenters. The molecule has 6 rings (SSSR count). The molecule has 4 aromatic carbocycles. The van der Waals surface area contributed by atoms with Gasteiger partial charge < -0.3 is 24.8 Å². The van der Waals surface area contributed by atoms with Gasteiger partial charge in [-0.15, -0.1) is 0 Å². The minimum atomic E-state index is -4.12. The SMILES string of the molecule is CCC1=[C]([Zr+2](=[CH]c2ccc(Cl)cc2)(=[CH]c2ccc(Cl)cc2)[CH]2c3cc(C(C)(C)C)ccc3-c3ccc(C(C)(C)C)cc32)C(CC)C=C1C(C)(C)C.[Cl-].[Cl-]. The van der Waals surface area contributed by atoms with Gasteiger partial charge in [-0.05, 0) is 0 Å². The quantitative estimate of drug-likeness (QED) is 0.184. The fraction of sp³-hybridized carbons (Fsp3) is 0.375. The second-order valence-electron chi connectivity index (χ2n) is 18.0. The summed E-state index contributed by atoms with van der Waals surface area (Å²) >= 11 is 9.00. The van der Waals surface area contributed by atoms with E-state index < -0.39 is 19.3 Å². The van der Waals surface area contributed by atoms with Gasteiger partial charge in [0.2, 0.25) is 0 Å². The van der Waals surface area contributed by atoms with E-state index in [2.05, 4.69) is 175 Å². The van der Waals surface area contributed by atoms with Gasteiger partial charge in [-0.25, -0.2) is 0 Å². The molecule has 0 spiro atoms. The second kappa shape index (κ2) is 16.3. The number of allylic oxidation sites excluding steroid dienone is 4. The molecule has 0 saturated heterocycles. The normalized spacial score (nSPS) is 15.4. The average molecular weight is 866 g/mol. The van der Waals surface area contributed by atoms with Gasteiger partial charge in [-0.2, -0.15) is 0 Å². The molecule has 0 amide bonds. The van der Waals surface area contributed by atoms with Crippen molar-refractivity contribution in [2.45, 2.75) is 103 Å². The molecule has 280 valence electrons. The second-order valence-corrected chi connectivity index (χ2v) is 27.6. The molecule has 5 heteroatoms. The fourth-order valence-corrected chi connectivity index (χ4v) is 23.1. The molecule has 53 heavy (non-hydrogen) atoms. The number of hydrogen-bond acceptors (Lipinski definition) is 0. The Kier molecular flexibility index (Phi) is 13.5. The van der Waals surface area contributed by atoms with Crippen LogP contribution in [0.5, 0.6) is 0 Å². The summed E-state index contributed by atoms with van der Waals surface area (Å²) in [4.78, 5) is 0. The topological polar surface area (TPSA) is 0 Å². The van der Waals surface area contributed by atoms with Crippen LogP contribution in [0.15, 0.2) is 105 Å². The van der Waals surface area contributed by atoms with Crippen molar-refractivity contribution in [2.75, 3.05) is 0 Å². The Hall–Kier alpha value is -1.86. The third kappa shape index (κ3) is 8.62. The van der Waals surface area contributed by atoms with Gasteiger partial charge in [0, 0.05) is 0 Å². The van der Waals surface area contributed by atoms with Gasteiger partial charge in [0.1, 0.15) is 0 Å². The monoisotopic (exact) mass is 862 g/mol. The summed E-state index contributed by atoms with van der Waals surface area (Å²) in [6.07, 6.45) is 4.77. The molecule has 0 aliphatic heterocycles. The van der Waals surface area contributed by atoms with Crippen LogP contribution < -0.4 is 24.8 Å². The van der Waals surface area contributed by atoms with E-state index in [0.717, 1.165) is 22.9 Å². The Morgan fingerprint density at radius 1 is 0.585 bits per heavy atom. The number of halogens is 4. The number of rotatable bonds is 6. The summed E-state index contributed by atoms with van der Waals surface area (Å²) in [7, 11) is 0. The van der Waals surface area contributed by atoms with Crippen LogP contribution in [0, 0.1) is 11.3 Å². The van der Waals surface area contributed by atoms with Crippen LogP contribution in [0.3, 0.4) is 0 Å². The van der Waals surface area contributed by atoms with Gasteiger partial charge in [0.25, 0.3) is 0 Å². The molecule has 0 radical (unpaired) electrons. The van der Waals surface area contributed by atoms with E-state index >= 15 is 0 Å². The van der Waals surface area contributed by atoms with E-state index in [0.29, 0.717) is 5.92 Å².